The van der Waals surface area contributed by atoms with Gasteiger partial charge in [-0.3, -0.25) is 14.4 Å². The highest BCUT2D eigenvalue weighted by atomic mass is 35.5. The summed E-state index contributed by atoms with van der Waals surface area (Å²) in [6.45, 7) is -0.128. The van der Waals surface area contributed by atoms with Crippen LogP contribution in [0.1, 0.15) is 16.1 Å². The van der Waals surface area contributed by atoms with Crippen LogP contribution in [0, 0.1) is 10.1 Å². The fourth-order valence-electron chi connectivity index (χ4n) is 4.28. The van der Waals surface area contributed by atoms with Gasteiger partial charge in [-0.1, -0.05) is 48.0 Å². The van der Waals surface area contributed by atoms with Gasteiger partial charge in [0.05, 0.1) is 29.2 Å². The van der Waals surface area contributed by atoms with Crippen LogP contribution in [0.5, 0.6) is 5.75 Å². The summed E-state index contributed by atoms with van der Waals surface area (Å²) < 4.78 is 39.5. The Labute approximate surface area is 239 Å². The summed E-state index contributed by atoms with van der Waals surface area (Å²) in [4.78, 5) is 21.8. The van der Waals surface area contributed by atoms with Gasteiger partial charge in [-0.15, -0.1) is 0 Å². The maximum absolute atomic E-state index is 14.0. The molecule has 1 aromatic heterocycles. The molecular formula is C29H21ClN2O8S. The van der Waals surface area contributed by atoms with E-state index < -0.39 is 26.6 Å². The summed E-state index contributed by atoms with van der Waals surface area (Å²) in [7, 11) is -2.78. The van der Waals surface area contributed by atoms with Crippen LogP contribution in [0.2, 0.25) is 5.02 Å². The fraction of sp³-hybridized carbons (Fsp3) is 0.0690. The van der Waals surface area contributed by atoms with Gasteiger partial charge in [0.2, 0.25) is 5.76 Å². The quantitative estimate of drug-likeness (QED) is 0.146. The maximum atomic E-state index is 14.0. The molecule has 4 aromatic carbocycles. The van der Waals surface area contributed by atoms with E-state index in [1.165, 1.54) is 30.3 Å². The molecule has 41 heavy (non-hydrogen) atoms. The van der Waals surface area contributed by atoms with Crippen LogP contribution in [0.15, 0.2) is 100 Å². The predicted molar refractivity (Wildman–Crippen MR) is 153 cm³/mol. The number of nitro groups is 1. The SMILES string of the molecule is COc1ccc(-c2ccc(CN(c3ccc4oc(C(=O)O)cc4c3)S(=O)(=O)c3ccc(Cl)c([N+](=O)[O-])c3)cc2)cc1. The van der Waals surface area contributed by atoms with Crippen molar-refractivity contribution >= 4 is 49.9 Å². The lowest BCUT2D eigenvalue weighted by Crippen LogP contribution is -2.30. The van der Waals surface area contributed by atoms with Gasteiger partial charge in [-0.2, -0.15) is 0 Å². The van der Waals surface area contributed by atoms with E-state index in [4.69, 9.17) is 20.8 Å². The molecule has 0 bridgehead atoms. The number of sulfonamides is 1. The van der Waals surface area contributed by atoms with Crippen molar-refractivity contribution in [3.8, 4) is 16.9 Å². The van der Waals surface area contributed by atoms with Crippen LogP contribution in [-0.4, -0.2) is 31.5 Å². The normalized spacial score (nSPS) is 11.4. The molecule has 0 aliphatic heterocycles. The summed E-state index contributed by atoms with van der Waals surface area (Å²) in [6, 6.07) is 23.8. The van der Waals surface area contributed by atoms with Gasteiger partial charge in [-0.25, -0.2) is 13.2 Å². The second-order valence-electron chi connectivity index (χ2n) is 8.95. The molecule has 208 valence electrons. The number of hydrogen-bond donors (Lipinski definition) is 1. The van der Waals surface area contributed by atoms with Crippen molar-refractivity contribution in [3.05, 3.63) is 117 Å². The minimum Gasteiger partial charge on any atom is -0.497 e. The Balaban J connectivity index is 1.57. The monoisotopic (exact) mass is 592 g/mol. The Bertz CT molecular complexity index is 1890. The first-order valence-corrected chi connectivity index (χ1v) is 13.9. The van der Waals surface area contributed by atoms with Gasteiger partial charge in [-0.05, 0) is 65.2 Å². The zero-order chi connectivity index (χ0) is 29.3. The number of carbonyl (C=O) groups is 1. The molecule has 5 aromatic rings. The standard InChI is InChI=1S/C29H21ClN2O8S/c1-39-23-9-6-20(7-10-23)19-4-2-18(3-5-19)17-31(22-8-13-27-21(14-22)15-28(40-27)29(33)34)41(37,38)24-11-12-25(30)26(16-24)32(35)36/h2-16H,17H2,1H3,(H,33,34). The Morgan fingerprint density at radius 3 is 2.24 bits per heavy atom. The van der Waals surface area contributed by atoms with E-state index in [1.807, 2.05) is 36.4 Å². The molecule has 10 nitrogen and oxygen atoms in total. The van der Waals surface area contributed by atoms with Gasteiger partial charge in [0.25, 0.3) is 15.7 Å². The lowest BCUT2D eigenvalue weighted by Gasteiger charge is -2.25. The van der Waals surface area contributed by atoms with Gasteiger partial charge in [0.1, 0.15) is 16.4 Å². The number of nitrogens with zero attached hydrogens (tertiary/aromatic N) is 2. The highest BCUT2D eigenvalue weighted by molar-refractivity contribution is 7.92. The molecule has 0 amide bonds. The van der Waals surface area contributed by atoms with E-state index >= 15 is 0 Å². The number of furan rings is 1. The van der Waals surface area contributed by atoms with Crippen molar-refractivity contribution in [1.29, 1.82) is 0 Å². The molecular weight excluding hydrogens is 572 g/mol. The number of halogens is 1. The molecule has 0 aliphatic rings. The molecule has 0 radical (unpaired) electrons. The Morgan fingerprint density at radius 2 is 1.63 bits per heavy atom. The first kappa shape index (κ1) is 27.7. The van der Waals surface area contributed by atoms with Crippen molar-refractivity contribution in [2.24, 2.45) is 0 Å². The molecule has 0 unspecified atom stereocenters. The molecule has 0 saturated heterocycles. The number of ether oxygens (including phenoxy) is 1. The molecule has 1 N–H and O–H groups in total. The number of benzene rings is 4. The predicted octanol–water partition coefficient (Wildman–Crippen LogP) is 6.76. The number of nitro benzene ring substituents is 1. The topological polar surface area (TPSA) is 140 Å². The average Bonchev–Trinajstić information content (AvgIpc) is 3.40. The van der Waals surface area contributed by atoms with E-state index in [1.54, 1.807) is 19.2 Å². The van der Waals surface area contributed by atoms with Crippen molar-refractivity contribution in [3.63, 3.8) is 0 Å². The zero-order valence-electron chi connectivity index (χ0n) is 21.4. The fourth-order valence-corrected chi connectivity index (χ4v) is 5.93. The third-order valence-corrected chi connectivity index (χ3v) is 8.49. The molecule has 5 rings (SSSR count). The maximum Gasteiger partial charge on any atom is 0.371 e. The van der Waals surface area contributed by atoms with Crippen molar-refractivity contribution in [1.82, 2.24) is 0 Å². The number of carboxylic acids is 1. The Morgan fingerprint density at radius 1 is 0.976 bits per heavy atom. The van der Waals surface area contributed by atoms with E-state index in [-0.39, 0.29) is 33.5 Å². The number of carboxylic acid groups (broad SMARTS) is 1. The Hall–Kier alpha value is -4.87. The molecule has 0 spiro atoms. The first-order chi connectivity index (χ1) is 19.6. The number of hydrogen-bond acceptors (Lipinski definition) is 7. The second-order valence-corrected chi connectivity index (χ2v) is 11.2. The van der Waals surface area contributed by atoms with E-state index in [9.17, 15) is 28.4 Å². The number of rotatable bonds is 9. The first-order valence-electron chi connectivity index (χ1n) is 12.0. The molecule has 1 heterocycles. The highest BCUT2D eigenvalue weighted by Gasteiger charge is 2.29. The van der Waals surface area contributed by atoms with Crippen LogP contribution in [0.3, 0.4) is 0 Å². The summed E-state index contributed by atoms with van der Waals surface area (Å²) in [5, 5.41) is 20.9. The Kier molecular flexibility index (Phi) is 7.40. The number of aromatic carboxylic acids is 1. The molecule has 12 heteroatoms. The summed E-state index contributed by atoms with van der Waals surface area (Å²) in [6.07, 6.45) is 0. The largest absolute Gasteiger partial charge is 0.497 e. The van der Waals surface area contributed by atoms with Gasteiger partial charge in [0.15, 0.2) is 0 Å². The molecule has 0 aliphatic carbocycles. The zero-order valence-corrected chi connectivity index (χ0v) is 22.9. The van der Waals surface area contributed by atoms with Crippen molar-refractivity contribution in [2.45, 2.75) is 11.4 Å². The van der Waals surface area contributed by atoms with E-state index in [0.717, 1.165) is 33.3 Å². The lowest BCUT2D eigenvalue weighted by atomic mass is 10.0. The highest BCUT2D eigenvalue weighted by Crippen LogP contribution is 2.34. The number of methoxy groups -OCH3 is 1. The average molecular weight is 593 g/mol. The second kappa shape index (κ2) is 11.0. The summed E-state index contributed by atoms with van der Waals surface area (Å²) in [5.41, 5.74) is 2.39. The smallest absolute Gasteiger partial charge is 0.371 e. The van der Waals surface area contributed by atoms with Crippen LogP contribution >= 0.6 is 11.6 Å². The number of anilines is 1. The van der Waals surface area contributed by atoms with Gasteiger partial charge >= 0.3 is 5.97 Å². The summed E-state index contributed by atoms with van der Waals surface area (Å²) >= 11 is 5.93. The van der Waals surface area contributed by atoms with Crippen LogP contribution in [0.4, 0.5) is 11.4 Å². The van der Waals surface area contributed by atoms with Crippen LogP contribution in [0.25, 0.3) is 22.1 Å². The third-order valence-electron chi connectivity index (χ3n) is 6.40. The third kappa shape index (κ3) is 5.58. The minimum absolute atomic E-state index is 0.128. The number of fused-ring (bicyclic) bond motifs is 1. The molecule has 0 saturated carbocycles. The minimum atomic E-state index is -4.36. The van der Waals surface area contributed by atoms with Crippen molar-refractivity contribution in [2.75, 3.05) is 11.4 Å². The summed E-state index contributed by atoms with van der Waals surface area (Å²) in [5.74, 6) is -0.842. The van der Waals surface area contributed by atoms with E-state index in [2.05, 4.69) is 0 Å². The van der Waals surface area contributed by atoms with Gasteiger partial charge in [0, 0.05) is 11.5 Å². The van der Waals surface area contributed by atoms with Crippen molar-refractivity contribution < 1.29 is 32.4 Å². The lowest BCUT2D eigenvalue weighted by molar-refractivity contribution is -0.384. The van der Waals surface area contributed by atoms with Crippen LogP contribution in [-0.2, 0) is 16.6 Å². The molecule has 0 fully saturated rings. The van der Waals surface area contributed by atoms with Gasteiger partial charge < -0.3 is 14.3 Å². The van der Waals surface area contributed by atoms with E-state index in [0.29, 0.717) is 10.9 Å². The molecule has 0 atom stereocenters. The van der Waals surface area contributed by atoms with Crippen LogP contribution < -0.4 is 9.04 Å².